The summed E-state index contributed by atoms with van der Waals surface area (Å²) in [6.45, 7) is 1.90. The Morgan fingerprint density at radius 1 is 1.35 bits per heavy atom. The molecule has 2 aromatic rings. The van der Waals surface area contributed by atoms with Gasteiger partial charge in [0.2, 0.25) is 0 Å². The number of nitrogens with zero attached hydrogens (tertiary/aromatic N) is 2. The summed E-state index contributed by atoms with van der Waals surface area (Å²) >= 11 is 0. The molecule has 1 heterocycles. The second-order valence-corrected chi connectivity index (χ2v) is 3.65. The fourth-order valence-electron chi connectivity index (χ4n) is 1.37. The molecule has 0 saturated carbocycles. The van der Waals surface area contributed by atoms with Gasteiger partial charge < -0.3 is 4.74 Å². The van der Waals surface area contributed by atoms with Gasteiger partial charge in [-0.3, -0.25) is 5.32 Å². The van der Waals surface area contributed by atoms with Crippen molar-refractivity contribution < 1.29 is 9.13 Å². The first-order valence-electron chi connectivity index (χ1n) is 5.33. The van der Waals surface area contributed by atoms with E-state index in [0.717, 1.165) is 5.69 Å². The van der Waals surface area contributed by atoms with E-state index in [0.29, 0.717) is 5.75 Å². The van der Waals surface area contributed by atoms with E-state index in [-0.39, 0.29) is 12.0 Å². The molecule has 0 spiro atoms. The minimum Gasteiger partial charge on any atom is -0.472 e. The van der Waals surface area contributed by atoms with Crippen LogP contribution in [0.2, 0.25) is 0 Å². The first-order valence-corrected chi connectivity index (χ1v) is 5.33. The highest BCUT2D eigenvalue weighted by molar-refractivity contribution is 5.32. The lowest BCUT2D eigenvalue weighted by Crippen LogP contribution is -2.27. The first kappa shape index (κ1) is 11.6. The third-order valence-corrected chi connectivity index (χ3v) is 2.37. The molecular formula is C12H14FN3O. The van der Waals surface area contributed by atoms with Gasteiger partial charge in [0.25, 0.3) is 0 Å². The zero-order valence-corrected chi connectivity index (χ0v) is 9.72. The van der Waals surface area contributed by atoms with Crippen LogP contribution in [0, 0.1) is 5.82 Å². The van der Waals surface area contributed by atoms with Gasteiger partial charge in [0.1, 0.15) is 12.0 Å². The van der Waals surface area contributed by atoms with Crippen LogP contribution >= 0.6 is 0 Å². The quantitative estimate of drug-likeness (QED) is 0.823. The monoisotopic (exact) mass is 235 g/mol. The highest BCUT2D eigenvalue weighted by atomic mass is 19.1. The maximum absolute atomic E-state index is 12.8. The zero-order valence-electron chi connectivity index (χ0n) is 9.72. The molecule has 0 aliphatic carbocycles. The van der Waals surface area contributed by atoms with Crippen molar-refractivity contribution in [1.29, 1.82) is 0 Å². The summed E-state index contributed by atoms with van der Waals surface area (Å²) in [6, 6.07) is 6.11. The van der Waals surface area contributed by atoms with Gasteiger partial charge in [-0.25, -0.2) is 9.07 Å². The molecule has 1 aromatic heterocycles. The maximum atomic E-state index is 12.8. The predicted molar refractivity (Wildman–Crippen MR) is 62.7 cm³/mol. The van der Waals surface area contributed by atoms with Gasteiger partial charge in [0, 0.05) is 0 Å². The highest BCUT2D eigenvalue weighted by Gasteiger charge is 2.04. The summed E-state index contributed by atoms with van der Waals surface area (Å²) in [7, 11) is 1.81. The Bertz CT molecular complexity index is 481. The topological polar surface area (TPSA) is 39.1 Å². The zero-order chi connectivity index (χ0) is 12.3. The molecule has 1 aromatic carbocycles. The van der Waals surface area contributed by atoms with E-state index < -0.39 is 0 Å². The highest BCUT2D eigenvalue weighted by Crippen LogP contribution is 2.14. The van der Waals surface area contributed by atoms with Crippen LogP contribution in [-0.4, -0.2) is 23.1 Å². The number of hydrogen-bond donors (Lipinski definition) is 1. The van der Waals surface area contributed by atoms with Gasteiger partial charge in [-0.1, -0.05) is 0 Å². The maximum Gasteiger partial charge on any atom is 0.160 e. The van der Waals surface area contributed by atoms with E-state index >= 15 is 0 Å². The van der Waals surface area contributed by atoms with Crippen molar-refractivity contribution in [3.63, 3.8) is 0 Å². The van der Waals surface area contributed by atoms with Crippen molar-refractivity contribution in [1.82, 2.24) is 15.1 Å². The molecule has 0 bridgehead atoms. The van der Waals surface area contributed by atoms with Crippen LogP contribution in [-0.2, 0) is 0 Å². The van der Waals surface area contributed by atoms with Crippen molar-refractivity contribution in [3.05, 3.63) is 42.5 Å². The van der Waals surface area contributed by atoms with E-state index in [2.05, 4.69) is 10.4 Å². The number of nitrogens with one attached hydrogen (secondary N) is 1. The van der Waals surface area contributed by atoms with Gasteiger partial charge in [-0.05, 0) is 38.2 Å². The third kappa shape index (κ3) is 2.82. The van der Waals surface area contributed by atoms with Crippen molar-refractivity contribution in [2.75, 3.05) is 7.05 Å². The average Bonchev–Trinajstić information content (AvgIpc) is 2.78. The minimum absolute atomic E-state index is 0.0825. The summed E-state index contributed by atoms with van der Waals surface area (Å²) in [6.07, 6.45) is 3.29. The minimum atomic E-state index is -0.263. The van der Waals surface area contributed by atoms with E-state index in [4.69, 9.17) is 4.74 Å². The molecule has 0 saturated heterocycles. The lowest BCUT2D eigenvalue weighted by atomic mass is 10.3. The molecule has 0 radical (unpaired) electrons. The lowest BCUT2D eigenvalue weighted by molar-refractivity contribution is 0.193. The molecule has 1 N–H and O–H groups in total. The van der Waals surface area contributed by atoms with Crippen LogP contribution in [0.4, 0.5) is 4.39 Å². The molecule has 5 heteroatoms. The molecule has 90 valence electrons. The Morgan fingerprint density at radius 3 is 2.71 bits per heavy atom. The van der Waals surface area contributed by atoms with Crippen molar-refractivity contribution in [2.45, 2.75) is 13.2 Å². The second-order valence-electron chi connectivity index (χ2n) is 3.65. The molecule has 0 aliphatic rings. The van der Waals surface area contributed by atoms with Gasteiger partial charge >= 0.3 is 0 Å². The Kier molecular flexibility index (Phi) is 3.39. The average molecular weight is 235 g/mol. The van der Waals surface area contributed by atoms with Crippen LogP contribution in [0.5, 0.6) is 5.75 Å². The Labute approximate surface area is 99.0 Å². The van der Waals surface area contributed by atoms with Crippen LogP contribution in [0.1, 0.15) is 6.92 Å². The smallest absolute Gasteiger partial charge is 0.160 e. The molecule has 0 amide bonds. The van der Waals surface area contributed by atoms with Crippen LogP contribution in [0.25, 0.3) is 5.69 Å². The summed E-state index contributed by atoms with van der Waals surface area (Å²) < 4.78 is 19.9. The first-order chi connectivity index (χ1) is 8.19. The molecule has 0 fully saturated rings. The third-order valence-electron chi connectivity index (χ3n) is 2.37. The summed E-state index contributed by atoms with van der Waals surface area (Å²) in [5.41, 5.74) is 0.790. The van der Waals surface area contributed by atoms with Gasteiger partial charge in [-0.15, -0.1) is 0 Å². The van der Waals surface area contributed by atoms with E-state index in [9.17, 15) is 4.39 Å². The van der Waals surface area contributed by atoms with Crippen molar-refractivity contribution >= 4 is 0 Å². The number of benzene rings is 1. The predicted octanol–water partition coefficient (Wildman–Crippen LogP) is 1.96. The fourth-order valence-corrected chi connectivity index (χ4v) is 1.37. The number of halogens is 1. The number of hydrogen-bond acceptors (Lipinski definition) is 3. The molecule has 17 heavy (non-hydrogen) atoms. The fraction of sp³-hybridized carbons (Fsp3) is 0.250. The van der Waals surface area contributed by atoms with Crippen molar-refractivity contribution in [3.8, 4) is 11.4 Å². The largest absolute Gasteiger partial charge is 0.472 e. The summed E-state index contributed by atoms with van der Waals surface area (Å²) in [4.78, 5) is 0. The molecule has 0 aliphatic heterocycles. The number of ether oxygens (including phenoxy) is 1. The second kappa shape index (κ2) is 4.97. The van der Waals surface area contributed by atoms with Gasteiger partial charge in [-0.2, -0.15) is 5.10 Å². The Morgan fingerprint density at radius 2 is 2.06 bits per heavy atom. The number of aromatic nitrogens is 2. The van der Waals surface area contributed by atoms with Crippen LogP contribution in [0.3, 0.4) is 0 Å². The number of rotatable bonds is 4. The van der Waals surface area contributed by atoms with E-state index in [1.54, 1.807) is 29.2 Å². The Balaban J connectivity index is 2.15. The van der Waals surface area contributed by atoms with Crippen molar-refractivity contribution in [2.24, 2.45) is 0 Å². The normalized spacial score (nSPS) is 12.4. The van der Waals surface area contributed by atoms with Crippen LogP contribution in [0.15, 0.2) is 36.7 Å². The molecule has 1 atom stereocenters. The lowest BCUT2D eigenvalue weighted by Gasteiger charge is -2.10. The summed E-state index contributed by atoms with van der Waals surface area (Å²) in [5, 5.41) is 7.11. The van der Waals surface area contributed by atoms with Gasteiger partial charge in [0.15, 0.2) is 5.75 Å². The van der Waals surface area contributed by atoms with E-state index in [1.807, 2.05) is 14.0 Å². The molecule has 2 rings (SSSR count). The molecule has 1 unspecified atom stereocenters. The SMILES string of the molecule is CNC(C)Oc1cnn(-c2ccc(F)cc2)c1. The van der Waals surface area contributed by atoms with E-state index in [1.165, 1.54) is 12.1 Å². The Hall–Kier alpha value is -1.88. The molecular weight excluding hydrogens is 221 g/mol. The summed E-state index contributed by atoms with van der Waals surface area (Å²) in [5.74, 6) is 0.400. The van der Waals surface area contributed by atoms with Crippen LogP contribution < -0.4 is 10.1 Å². The van der Waals surface area contributed by atoms with Gasteiger partial charge in [0.05, 0.1) is 18.1 Å². The molecule has 4 nitrogen and oxygen atoms in total. The standard InChI is InChI=1S/C12H14FN3O/c1-9(14-2)17-12-7-15-16(8-12)11-5-3-10(13)4-6-11/h3-9,14H,1-2H3.